The van der Waals surface area contributed by atoms with Gasteiger partial charge in [0.25, 0.3) is 5.91 Å². The van der Waals surface area contributed by atoms with Gasteiger partial charge in [-0.25, -0.2) is 4.98 Å². The molecular formula is C17H22ClN3OS. The average Bonchev–Trinajstić information content (AvgIpc) is 2.97. The predicted molar refractivity (Wildman–Crippen MR) is 97.5 cm³/mol. The number of carbonyl (C=O) groups is 1. The molecule has 0 spiro atoms. The number of benzene rings is 1. The van der Waals surface area contributed by atoms with Gasteiger partial charge in [-0.3, -0.25) is 4.79 Å². The predicted octanol–water partition coefficient (Wildman–Crippen LogP) is 3.41. The quantitative estimate of drug-likeness (QED) is 0.891. The highest BCUT2D eigenvalue weighted by atomic mass is 35.5. The van der Waals surface area contributed by atoms with Crippen LogP contribution >= 0.6 is 23.7 Å². The Labute approximate surface area is 147 Å². The highest BCUT2D eigenvalue weighted by Crippen LogP contribution is 2.26. The van der Waals surface area contributed by atoms with Crippen molar-refractivity contribution in [3.05, 3.63) is 40.9 Å². The Morgan fingerprint density at radius 1 is 1.39 bits per heavy atom. The van der Waals surface area contributed by atoms with Crippen molar-refractivity contribution in [3.63, 3.8) is 0 Å². The first kappa shape index (κ1) is 17.9. The largest absolute Gasteiger partial charge is 0.348 e. The molecule has 2 N–H and O–H groups in total. The van der Waals surface area contributed by atoms with E-state index in [0.717, 1.165) is 30.0 Å². The van der Waals surface area contributed by atoms with Crippen molar-refractivity contribution in [2.75, 3.05) is 6.54 Å². The summed E-state index contributed by atoms with van der Waals surface area (Å²) < 4.78 is 0. The van der Waals surface area contributed by atoms with Crippen molar-refractivity contribution in [2.24, 2.45) is 0 Å². The molecule has 23 heavy (non-hydrogen) atoms. The molecule has 3 rings (SSSR count). The summed E-state index contributed by atoms with van der Waals surface area (Å²) in [5.74, 6) is -0.0600. The van der Waals surface area contributed by atoms with Crippen LogP contribution in [0.2, 0.25) is 0 Å². The van der Waals surface area contributed by atoms with Crippen LogP contribution in [0.3, 0.4) is 0 Å². The molecule has 2 unspecified atom stereocenters. The number of aromatic nitrogens is 1. The summed E-state index contributed by atoms with van der Waals surface area (Å²) in [4.78, 5) is 16.9. The molecule has 1 amide bonds. The van der Waals surface area contributed by atoms with Crippen LogP contribution in [-0.4, -0.2) is 29.5 Å². The third kappa shape index (κ3) is 4.31. The van der Waals surface area contributed by atoms with Gasteiger partial charge in [-0.2, -0.15) is 0 Å². The second-order valence-electron chi connectivity index (χ2n) is 5.90. The summed E-state index contributed by atoms with van der Waals surface area (Å²) in [6.07, 6.45) is 1.95. The van der Waals surface area contributed by atoms with Crippen molar-refractivity contribution >= 4 is 29.7 Å². The lowest BCUT2D eigenvalue weighted by atomic mass is 10.0. The van der Waals surface area contributed by atoms with Crippen LogP contribution in [0.5, 0.6) is 0 Å². The zero-order valence-corrected chi connectivity index (χ0v) is 15.0. The van der Waals surface area contributed by atoms with Crippen molar-refractivity contribution in [3.8, 4) is 10.6 Å². The molecule has 0 radical (unpaired) electrons. The van der Waals surface area contributed by atoms with E-state index in [1.54, 1.807) is 0 Å². The van der Waals surface area contributed by atoms with Crippen molar-refractivity contribution in [1.29, 1.82) is 0 Å². The second-order valence-corrected chi connectivity index (χ2v) is 6.76. The van der Waals surface area contributed by atoms with Crippen LogP contribution in [0.1, 0.15) is 35.8 Å². The van der Waals surface area contributed by atoms with Crippen LogP contribution in [0.4, 0.5) is 0 Å². The first-order valence-electron chi connectivity index (χ1n) is 7.69. The van der Waals surface area contributed by atoms with E-state index >= 15 is 0 Å². The Balaban J connectivity index is 0.00000192. The molecular weight excluding hydrogens is 330 g/mol. The maximum absolute atomic E-state index is 12.4. The van der Waals surface area contributed by atoms with E-state index in [2.05, 4.69) is 35.5 Å². The Kier molecular flexibility index (Phi) is 6.16. The highest BCUT2D eigenvalue weighted by Gasteiger charge is 2.21. The van der Waals surface area contributed by atoms with Gasteiger partial charge in [0, 0.05) is 23.0 Å². The molecule has 124 valence electrons. The number of carbonyl (C=O) groups excluding carboxylic acids is 1. The van der Waals surface area contributed by atoms with Gasteiger partial charge in [0.15, 0.2) is 0 Å². The number of hydrogen-bond donors (Lipinski definition) is 2. The monoisotopic (exact) mass is 351 g/mol. The molecule has 1 fully saturated rings. The minimum Gasteiger partial charge on any atom is -0.348 e. The van der Waals surface area contributed by atoms with Gasteiger partial charge in [-0.15, -0.1) is 23.7 Å². The molecule has 6 heteroatoms. The molecule has 1 aromatic heterocycles. The standard InChI is InChI=1S/C17H21N3OS.ClH/c1-11-5-3-4-6-14(11)17-20-15(10-22-17)16(21)19-13-7-8-18-12(2)9-13;/h3-6,10,12-13,18H,7-9H2,1-2H3,(H,19,21);1H. The molecule has 1 aromatic carbocycles. The Bertz CT molecular complexity index is 673. The molecule has 2 aromatic rings. The minimum absolute atomic E-state index is 0. The van der Waals surface area contributed by atoms with Gasteiger partial charge in [0.05, 0.1) is 0 Å². The van der Waals surface area contributed by atoms with Crippen molar-refractivity contribution in [2.45, 2.75) is 38.8 Å². The van der Waals surface area contributed by atoms with Crippen LogP contribution in [0.25, 0.3) is 10.6 Å². The maximum atomic E-state index is 12.4. The number of nitrogens with one attached hydrogen (secondary N) is 2. The van der Waals surface area contributed by atoms with E-state index in [-0.39, 0.29) is 24.4 Å². The summed E-state index contributed by atoms with van der Waals surface area (Å²) in [5.41, 5.74) is 2.80. The molecule has 1 aliphatic heterocycles. The van der Waals surface area contributed by atoms with Gasteiger partial charge < -0.3 is 10.6 Å². The first-order chi connectivity index (χ1) is 10.6. The normalized spacial score (nSPS) is 20.6. The molecule has 4 nitrogen and oxygen atoms in total. The Hall–Kier alpha value is -1.43. The molecule has 1 saturated heterocycles. The van der Waals surface area contributed by atoms with Gasteiger partial charge in [-0.1, -0.05) is 24.3 Å². The van der Waals surface area contributed by atoms with Gasteiger partial charge in [0.1, 0.15) is 10.7 Å². The minimum atomic E-state index is -0.0600. The van der Waals surface area contributed by atoms with E-state index < -0.39 is 0 Å². The van der Waals surface area contributed by atoms with E-state index in [4.69, 9.17) is 0 Å². The highest BCUT2D eigenvalue weighted by molar-refractivity contribution is 7.13. The summed E-state index contributed by atoms with van der Waals surface area (Å²) in [5, 5.41) is 9.26. The van der Waals surface area contributed by atoms with Gasteiger partial charge in [-0.05, 0) is 38.8 Å². The lowest BCUT2D eigenvalue weighted by Crippen LogP contribution is -2.46. The summed E-state index contributed by atoms with van der Waals surface area (Å²) in [7, 11) is 0. The fourth-order valence-corrected chi connectivity index (χ4v) is 3.73. The van der Waals surface area contributed by atoms with E-state index in [0.29, 0.717) is 11.7 Å². The maximum Gasteiger partial charge on any atom is 0.270 e. The number of rotatable bonds is 3. The van der Waals surface area contributed by atoms with Crippen LogP contribution in [-0.2, 0) is 0 Å². The van der Waals surface area contributed by atoms with E-state index in [9.17, 15) is 4.79 Å². The van der Waals surface area contributed by atoms with Crippen LogP contribution < -0.4 is 10.6 Å². The lowest BCUT2D eigenvalue weighted by molar-refractivity contribution is 0.0921. The summed E-state index contributed by atoms with van der Waals surface area (Å²) in [6.45, 7) is 5.17. The SMILES string of the molecule is Cc1ccccc1-c1nc(C(=O)NC2CCNC(C)C2)cs1.Cl. The topological polar surface area (TPSA) is 54.0 Å². The first-order valence-corrected chi connectivity index (χ1v) is 8.57. The Morgan fingerprint density at radius 2 is 2.17 bits per heavy atom. The number of aryl methyl sites for hydroxylation is 1. The lowest BCUT2D eigenvalue weighted by Gasteiger charge is -2.28. The zero-order valence-electron chi connectivity index (χ0n) is 13.3. The number of amides is 1. The number of nitrogens with zero attached hydrogens (tertiary/aromatic N) is 1. The zero-order chi connectivity index (χ0) is 15.5. The number of hydrogen-bond acceptors (Lipinski definition) is 4. The number of halogens is 1. The molecule has 2 atom stereocenters. The van der Waals surface area contributed by atoms with Gasteiger partial charge >= 0.3 is 0 Å². The third-order valence-electron chi connectivity index (χ3n) is 4.07. The van der Waals surface area contributed by atoms with Crippen molar-refractivity contribution < 1.29 is 4.79 Å². The fourth-order valence-electron chi connectivity index (χ4n) is 2.84. The molecule has 0 saturated carbocycles. The van der Waals surface area contributed by atoms with Crippen molar-refractivity contribution in [1.82, 2.24) is 15.6 Å². The smallest absolute Gasteiger partial charge is 0.270 e. The molecule has 0 aliphatic carbocycles. The summed E-state index contributed by atoms with van der Waals surface area (Å²) >= 11 is 1.52. The van der Waals surface area contributed by atoms with Crippen LogP contribution in [0.15, 0.2) is 29.6 Å². The van der Waals surface area contributed by atoms with Gasteiger partial charge in [0.2, 0.25) is 0 Å². The Morgan fingerprint density at radius 3 is 2.91 bits per heavy atom. The molecule has 1 aliphatic rings. The summed E-state index contributed by atoms with van der Waals surface area (Å²) in [6, 6.07) is 8.82. The molecule has 0 bridgehead atoms. The number of piperidine rings is 1. The second kappa shape index (κ2) is 7.90. The molecule has 2 heterocycles. The average molecular weight is 352 g/mol. The number of thiazole rings is 1. The third-order valence-corrected chi connectivity index (χ3v) is 4.95. The van der Waals surface area contributed by atoms with E-state index in [1.165, 1.54) is 16.9 Å². The van der Waals surface area contributed by atoms with E-state index in [1.807, 2.05) is 23.6 Å². The van der Waals surface area contributed by atoms with Crippen LogP contribution in [0, 0.1) is 6.92 Å². The fraction of sp³-hybridized carbons (Fsp3) is 0.412.